The maximum absolute atomic E-state index is 11.6. The lowest BCUT2D eigenvalue weighted by Crippen LogP contribution is -2.22. The fourth-order valence-corrected chi connectivity index (χ4v) is 1.19. The predicted molar refractivity (Wildman–Crippen MR) is 59.3 cm³/mol. The maximum Gasteiger partial charge on any atom is 0.295 e. The Kier molecular flexibility index (Phi) is 3.20. The molecule has 0 radical (unpaired) electrons. The Morgan fingerprint density at radius 2 is 1.59 bits per heavy atom. The second-order valence-corrected chi connectivity index (χ2v) is 3.15. The van der Waals surface area contributed by atoms with Crippen molar-refractivity contribution in [2.24, 2.45) is 4.99 Å². The van der Waals surface area contributed by atoms with Crippen LogP contribution in [-0.2, 0) is 0 Å². The quantitative estimate of drug-likeness (QED) is 0.549. The highest BCUT2D eigenvalue weighted by atomic mass is 16.3. The van der Waals surface area contributed by atoms with Crippen molar-refractivity contribution in [2.45, 2.75) is 0 Å². The number of amides is 1. The third-order valence-corrected chi connectivity index (χ3v) is 1.97. The molecule has 1 amide bonds. The minimum absolute atomic E-state index is 0.136. The largest absolute Gasteiger partial charge is 0.857 e. The third kappa shape index (κ3) is 2.72. The molecule has 0 bridgehead atoms. The average molecular weight is 226 g/mol. The van der Waals surface area contributed by atoms with Crippen LogP contribution in [0.15, 0.2) is 53.8 Å². The maximum atomic E-state index is 11.6. The van der Waals surface area contributed by atoms with Gasteiger partial charge in [0, 0.05) is 18.3 Å². The SMILES string of the molecule is O=C(N=C([O-])c1ccccn1)c1ccccn1. The van der Waals surface area contributed by atoms with Gasteiger partial charge in [-0.05, 0) is 24.3 Å². The van der Waals surface area contributed by atoms with E-state index in [0.717, 1.165) is 0 Å². The molecule has 0 aliphatic carbocycles. The zero-order chi connectivity index (χ0) is 12.1. The first-order valence-electron chi connectivity index (χ1n) is 4.90. The molecule has 0 unspecified atom stereocenters. The minimum Gasteiger partial charge on any atom is -0.857 e. The molecule has 2 aromatic rings. The summed E-state index contributed by atoms with van der Waals surface area (Å²) in [7, 11) is 0. The second kappa shape index (κ2) is 4.98. The molecule has 0 aromatic carbocycles. The van der Waals surface area contributed by atoms with Gasteiger partial charge in [0.1, 0.15) is 5.69 Å². The Balaban J connectivity index is 2.24. The number of carbonyl (C=O) groups is 1. The number of aliphatic imine (C=N–C) groups is 1. The summed E-state index contributed by atoms with van der Waals surface area (Å²) in [5.74, 6) is -1.33. The van der Waals surface area contributed by atoms with Crippen molar-refractivity contribution in [3.05, 3.63) is 60.2 Å². The van der Waals surface area contributed by atoms with Gasteiger partial charge in [-0.1, -0.05) is 12.1 Å². The first-order chi connectivity index (χ1) is 8.27. The van der Waals surface area contributed by atoms with Crippen molar-refractivity contribution < 1.29 is 9.90 Å². The van der Waals surface area contributed by atoms with Gasteiger partial charge < -0.3 is 5.11 Å². The van der Waals surface area contributed by atoms with Gasteiger partial charge in [-0.3, -0.25) is 14.8 Å². The van der Waals surface area contributed by atoms with Crippen LogP contribution in [0.5, 0.6) is 0 Å². The van der Waals surface area contributed by atoms with Crippen molar-refractivity contribution in [3.63, 3.8) is 0 Å². The molecular formula is C12H8N3O2-. The molecule has 0 spiro atoms. The van der Waals surface area contributed by atoms with Gasteiger partial charge in [-0.2, -0.15) is 0 Å². The molecule has 0 saturated carbocycles. The first kappa shape index (κ1) is 10.9. The van der Waals surface area contributed by atoms with Crippen LogP contribution in [0.3, 0.4) is 0 Å². The molecule has 0 aliphatic heterocycles. The highest BCUT2D eigenvalue weighted by Crippen LogP contribution is 1.98. The molecule has 5 nitrogen and oxygen atoms in total. The summed E-state index contributed by atoms with van der Waals surface area (Å²) in [5, 5.41) is 11.6. The van der Waals surface area contributed by atoms with Crippen molar-refractivity contribution in [2.75, 3.05) is 0 Å². The summed E-state index contributed by atoms with van der Waals surface area (Å²) in [6, 6.07) is 9.66. The van der Waals surface area contributed by atoms with E-state index >= 15 is 0 Å². The molecule has 0 saturated heterocycles. The van der Waals surface area contributed by atoms with E-state index in [1.807, 2.05) is 0 Å². The van der Waals surface area contributed by atoms with Crippen LogP contribution >= 0.6 is 0 Å². The average Bonchev–Trinajstić information content (AvgIpc) is 2.40. The van der Waals surface area contributed by atoms with Crippen LogP contribution in [0.2, 0.25) is 0 Å². The summed E-state index contributed by atoms with van der Waals surface area (Å²) < 4.78 is 0. The fourth-order valence-electron chi connectivity index (χ4n) is 1.19. The molecule has 0 atom stereocenters. The normalized spacial score (nSPS) is 11.2. The highest BCUT2D eigenvalue weighted by Gasteiger charge is 2.04. The number of pyridine rings is 2. The van der Waals surface area contributed by atoms with Gasteiger partial charge in [0.2, 0.25) is 0 Å². The van der Waals surface area contributed by atoms with Crippen LogP contribution in [-0.4, -0.2) is 21.8 Å². The highest BCUT2D eigenvalue weighted by molar-refractivity contribution is 6.03. The van der Waals surface area contributed by atoms with Crippen molar-refractivity contribution in [1.29, 1.82) is 0 Å². The molecule has 2 heterocycles. The number of aromatic nitrogens is 2. The van der Waals surface area contributed by atoms with Crippen LogP contribution in [0, 0.1) is 0 Å². The Labute approximate surface area is 97.5 Å². The van der Waals surface area contributed by atoms with Crippen molar-refractivity contribution in [3.8, 4) is 0 Å². The zero-order valence-electron chi connectivity index (χ0n) is 8.78. The van der Waals surface area contributed by atoms with Gasteiger partial charge in [-0.25, -0.2) is 4.99 Å². The van der Waals surface area contributed by atoms with Gasteiger partial charge in [0.25, 0.3) is 5.91 Å². The van der Waals surface area contributed by atoms with E-state index in [2.05, 4.69) is 15.0 Å². The van der Waals surface area contributed by atoms with Crippen LogP contribution in [0.1, 0.15) is 16.2 Å². The molecular weight excluding hydrogens is 218 g/mol. The molecule has 0 fully saturated rings. The Morgan fingerprint density at radius 3 is 2.12 bits per heavy atom. The van der Waals surface area contributed by atoms with Crippen molar-refractivity contribution >= 4 is 11.8 Å². The molecule has 0 aliphatic rings. The molecule has 84 valence electrons. The number of nitrogens with zero attached hydrogens (tertiary/aromatic N) is 3. The zero-order valence-corrected chi connectivity index (χ0v) is 8.78. The summed E-state index contributed by atoms with van der Waals surface area (Å²) in [4.78, 5) is 22.6. The van der Waals surface area contributed by atoms with Crippen LogP contribution in [0.4, 0.5) is 0 Å². The van der Waals surface area contributed by atoms with E-state index in [9.17, 15) is 9.90 Å². The lowest BCUT2D eigenvalue weighted by molar-refractivity contribution is -0.213. The lowest BCUT2D eigenvalue weighted by atomic mass is 10.3. The number of hydrogen-bond donors (Lipinski definition) is 0. The van der Waals surface area contributed by atoms with Crippen LogP contribution < -0.4 is 5.11 Å². The minimum atomic E-state index is -0.666. The summed E-state index contributed by atoms with van der Waals surface area (Å²) >= 11 is 0. The van der Waals surface area contributed by atoms with Crippen LogP contribution in [0.25, 0.3) is 0 Å². The van der Waals surface area contributed by atoms with Gasteiger partial charge in [-0.15, -0.1) is 0 Å². The van der Waals surface area contributed by atoms with Gasteiger partial charge >= 0.3 is 0 Å². The second-order valence-electron chi connectivity index (χ2n) is 3.15. The summed E-state index contributed by atoms with van der Waals surface area (Å²) in [6.07, 6.45) is 2.93. The van der Waals surface area contributed by atoms with E-state index in [4.69, 9.17) is 0 Å². The fraction of sp³-hybridized carbons (Fsp3) is 0. The Morgan fingerprint density at radius 1 is 1.00 bits per heavy atom. The summed E-state index contributed by atoms with van der Waals surface area (Å²) in [5.41, 5.74) is 0.272. The molecule has 17 heavy (non-hydrogen) atoms. The van der Waals surface area contributed by atoms with E-state index in [0.29, 0.717) is 0 Å². The Bertz CT molecular complexity index is 538. The Hall–Kier alpha value is -2.56. The topological polar surface area (TPSA) is 78.3 Å². The van der Waals surface area contributed by atoms with Gasteiger partial charge in [0.15, 0.2) is 0 Å². The molecule has 5 heteroatoms. The predicted octanol–water partition coefficient (Wildman–Crippen LogP) is 0.424. The monoisotopic (exact) mass is 226 g/mol. The molecule has 2 aromatic heterocycles. The smallest absolute Gasteiger partial charge is 0.295 e. The lowest BCUT2D eigenvalue weighted by Gasteiger charge is -2.07. The number of rotatable bonds is 2. The van der Waals surface area contributed by atoms with E-state index in [-0.39, 0.29) is 11.4 Å². The molecule has 2 rings (SSSR count). The van der Waals surface area contributed by atoms with E-state index in [1.165, 1.54) is 24.5 Å². The summed E-state index contributed by atoms with van der Waals surface area (Å²) in [6.45, 7) is 0. The number of hydrogen-bond acceptors (Lipinski definition) is 4. The number of carbonyl (C=O) groups excluding carboxylic acids is 1. The third-order valence-electron chi connectivity index (χ3n) is 1.97. The first-order valence-corrected chi connectivity index (χ1v) is 4.90. The molecule has 0 N–H and O–H groups in total. The van der Waals surface area contributed by atoms with E-state index < -0.39 is 11.8 Å². The standard InChI is InChI=1S/C12H9N3O2/c16-11(9-5-1-3-7-13-9)15-12(17)10-6-2-4-8-14-10/h1-8H,(H,15,16,17)/p-1. The van der Waals surface area contributed by atoms with E-state index in [1.54, 1.807) is 24.3 Å². The van der Waals surface area contributed by atoms with Gasteiger partial charge in [0.05, 0.1) is 5.69 Å². The van der Waals surface area contributed by atoms with Crippen molar-refractivity contribution in [1.82, 2.24) is 9.97 Å².